The van der Waals surface area contributed by atoms with Gasteiger partial charge in [-0.05, 0) is 43.2 Å². The van der Waals surface area contributed by atoms with Crippen molar-refractivity contribution in [2.24, 2.45) is 0 Å². The molecule has 24 heavy (non-hydrogen) atoms. The third kappa shape index (κ3) is 5.15. The highest BCUT2D eigenvalue weighted by molar-refractivity contribution is 5.74. The van der Waals surface area contributed by atoms with Gasteiger partial charge in [-0.1, -0.05) is 12.1 Å². The molecule has 0 radical (unpaired) electrons. The minimum absolute atomic E-state index is 0.104. The van der Waals surface area contributed by atoms with E-state index in [4.69, 9.17) is 9.47 Å². The van der Waals surface area contributed by atoms with Crippen molar-refractivity contribution in [1.82, 2.24) is 15.6 Å². The van der Waals surface area contributed by atoms with Crippen molar-refractivity contribution in [3.63, 3.8) is 0 Å². The number of hydrogen-bond donors (Lipinski definition) is 2. The summed E-state index contributed by atoms with van der Waals surface area (Å²) in [5.74, 6) is 1.35. The highest BCUT2D eigenvalue weighted by Gasteiger charge is 2.09. The lowest BCUT2D eigenvalue weighted by Gasteiger charge is -2.15. The maximum Gasteiger partial charge on any atom is 0.315 e. The molecule has 0 aliphatic carbocycles. The highest BCUT2D eigenvalue weighted by Crippen LogP contribution is 2.17. The number of carbonyl (C=O) groups is 1. The van der Waals surface area contributed by atoms with E-state index in [9.17, 15) is 4.79 Å². The van der Waals surface area contributed by atoms with E-state index >= 15 is 0 Å². The zero-order valence-electron chi connectivity index (χ0n) is 14.2. The number of nitrogens with zero attached hydrogens (tertiary/aromatic N) is 1. The Morgan fingerprint density at radius 3 is 2.67 bits per heavy atom. The maximum absolute atomic E-state index is 12.0. The first-order valence-electron chi connectivity index (χ1n) is 7.88. The van der Waals surface area contributed by atoms with Crippen LogP contribution in [-0.4, -0.2) is 24.7 Å². The summed E-state index contributed by atoms with van der Waals surface area (Å²) in [5, 5.41) is 5.73. The zero-order valence-corrected chi connectivity index (χ0v) is 14.2. The molecule has 1 unspecified atom stereocenters. The second kappa shape index (κ2) is 8.76. The standard InChI is InChI=1S/C18H23N3O3/c1-4-24-16-7-5-15(6-8-16)13(2)21-18(22)20-12-14-9-10-19-17(11-14)23-3/h5-11,13H,4,12H2,1-3H3,(H2,20,21,22). The number of pyridine rings is 1. The summed E-state index contributed by atoms with van der Waals surface area (Å²) in [7, 11) is 1.56. The molecule has 0 spiro atoms. The Morgan fingerprint density at radius 1 is 1.25 bits per heavy atom. The van der Waals surface area contributed by atoms with Gasteiger partial charge in [-0.15, -0.1) is 0 Å². The topological polar surface area (TPSA) is 72.5 Å². The molecule has 0 aliphatic rings. The quantitative estimate of drug-likeness (QED) is 0.819. The van der Waals surface area contributed by atoms with Crippen molar-refractivity contribution < 1.29 is 14.3 Å². The Bertz CT molecular complexity index is 659. The number of rotatable bonds is 7. The molecular formula is C18H23N3O3. The predicted molar refractivity (Wildman–Crippen MR) is 92.2 cm³/mol. The van der Waals surface area contributed by atoms with Gasteiger partial charge in [0.1, 0.15) is 5.75 Å². The van der Waals surface area contributed by atoms with Gasteiger partial charge in [-0.2, -0.15) is 0 Å². The molecule has 6 heteroatoms. The number of aromatic nitrogens is 1. The fourth-order valence-corrected chi connectivity index (χ4v) is 2.20. The molecule has 0 saturated carbocycles. The van der Waals surface area contributed by atoms with E-state index in [1.807, 2.05) is 44.2 Å². The van der Waals surface area contributed by atoms with Crippen molar-refractivity contribution >= 4 is 6.03 Å². The summed E-state index contributed by atoms with van der Waals surface area (Å²) >= 11 is 0. The van der Waals surface area contributed by atoms with Crippen molar-refractivity contribution in [1.29, 1.82) is 0 Å². The summed E-state index contributed by atoms with van der Waals surface area (Å²) in [6.07, 6.45) is 1.65. The molecule has 1 atom stereocenters. The number of hydrogen-bond acceptors (Lipinski definition) is 4. The Balaban J connectivity index is 1.84. The van der Waals surface area contributed by atoms with Crippen LogP contribution >= 0.6 is 0 Å². The summed E-state index contributed by atoms with van der Waals surface area (Å²) in [4.78, 5) is 16.1. The molecule has 2 amide bonds. The van der Waals surface area contributed by atoms with E-state index in [1.165, 1.54) is 0 Å². The molecule has 1 aromatic carbocycles. The molecule has 128 valence electrons. The predicted octanol–water partition coefficient (Wildman–Crippen LogP) is 3.05. The maximum atomic E-state index is 12.0. The van der Waals surface area contributed by atoms with Crippen LogP contribution in [0, 0.1) is 0 Å². The van der Waals surface area contributed by atoms with Crippen LogP contribution in [0.2, 0.25) is 0 Å². The summed E-state index contributed by atoms with van der Waals surface area (Å²) in [6, 6.07) is 11.0. The van der Waals surface area contributed by atoms with Crippen molar-refractivity contribution in [2.45, 2.75) is 26.4 Å². The van der Waals surface area contributed by atoms with Gasteiger partial charge in [0, 0.05) is 18.8 Å². The summed E-state index contributed by atoms with van der Waals surface area (Å²) in [6.45, 7) is 4.92. The van der Waals surface area contributed by atoms with Gasteiger partial charge in [-0.25, -0.2) is 9.78 Å². The summed E-state index contributed by atoms with van der Waals surface area (Å²) < 4.78 is 10.5. The Morgan fingerprint density at radius 2 is 2.00 bits per heavy atom. The van der Waals surface area contributed by atoms with Crippen LogP contribution in [0.4, 0.5) is 4.79 Å². The molecule has 0 saturated heterocycles. The fraction of sp³-hybridized carbons (Fsp3) is 0.333. The van der Waals surface area contributed by atoms with Crippen LogP contribution in [0.3, 0.4) is 0 Å². The van der Waals surface area contributed by atoms with Crippen LogP contribution in [0.15, 0.2) is 42.6 Å². The van der Waals surface area contributed by atoms with Crippen molar-refractivity contribution in [2.75, 3.05) is 13.7 Å². The van der Waals surface area contributed by atoms with E-state index in [1.54, 1.807) is 19.4 Å². The van der Waals surface area contributed by atoms with E-state index in [0.717, 1.165) is 16.9 Å². The van der Waals surface area contributed by atoms with Crippen LogP contribution < -0.4 is 20.1 Å². The molecule has 0 fully saturated rings. The number of ether oxygens (including phenoxy) is 2. The molecule has 1 aromatic heterocycles. The lowest BCUT2D eigenvalue weighted by atomic mass is 10.1. The zero-order chi connectivity index (χ0) is 17.4. The number of benzene rings is 1. The minimum atomic E-state index is -0.229. The van der Waals surface area contributed by atoms with Crippen molar-refractivity contribution in [3.8, 4) is 11.6 Å². The van der Waals surface area contributed by atoms with E-state index < -0.39 is 0 Å². The third-order valence-corrected chi connectivity index (χ3v) is 3.50. The first-order valence-corrected chi connectivity index (χ1v) is 7.88. The van der Waals surface area contributed by atoms with E-state index in [-0.39, 0.29) is 12.1 Å². The lowest BCUT2D eigenvalue weighted by Crippen LogP contribution is -2.36. The highest BCUT2D eigenvalue weighted by atomic mass is 16.5. The van der Waals surface area contributed by atoms with E-state index in [2.05, 4.69) is 15.6 Å². The Hall–Kier alpha value is -2.76. The normalized spacial score (nSPS) is 11.5. The van der Waals surface area contributed by atoms with E-state index in [0.29, 0.717) is 19.0 Å². The largest absolute Gasteiger partial charge is 0.494 e. The number of nitrogens with one attached hydrogen (secondary N) is 2. The van der Waals surface area contributed by atoms with Gasteiger partial charge >= 0.3 is 6.03 Å². The Kier molecular flexibility index (Phi) is 6.42. The molecular weight excluding hydrogens is 306 g/mol. The summed E-state index contributed by atoms with van der Waals surface area (Å²) in [5.41, 5.74) is 1.94. The lowest BCUT2D eigenvalue weighted by molar-refractivity contribution is 0.237. The second-order valence-electron chi connectivity index (χ2n) is 5.26. The van der Waals surface area contributed by atoms with Crippen LogP contribution in [0.1, 0.15) is 31.0 Å². The van der Waals surface area contributed by atoms with Gasteiger partial charge in [0.2, 0.25) is 5.88 Å². The monoisotopic (exact) mass is 329 g/mol. The molecule has 0 aliphatic heterocycles. The molecule has 2 aromatic rings. The average molecular weight is 329 g/mol. The van der Waals surface area contributed by atoms with Gasteiger partial charge in [0.15, 0.2) is 0 Å². The van der Waals surface area contributed by atoms with Crippen LogP contribution in [0.5, 0.6) is 11.6 Å². The first-order chi connectivity index (χ1) is 11.6. The molecule has 0 bridgehead atoms. The van der Waals surface area contributed by atoms with Crippen LogP contribution in [-0.2, 0) is 6.54 Å². The number of methoxy groups -OCH3 is 1. The SMILES string of the molecule is CCOc1ccc(C(C)NC(=O)NCc2ccnc(OC)c2)cc1. The molecule has 1 heterocycles. The second-order valence-corrected chi connectivity index (χ2v) is 5.26. The van der Waals surface area contributed by atoms with Gasteiger partial charge < -0.3 is 20.1 Å². The van der Waals surface area contributed by atoms with Crippen molar-refractivity contribution in [3.05, 3.63) is 53.7 Å². The van der Waals surface area contributed by atoms with Gasteiger partial charge in [-0.3, -0.25) is 0 Å². The average Bonchev–Trinajstić information content (AvgIpc) is 2.61. The first kappa shape index (κ1) is 17.6. The molecule has 2 rings (SSSR count). The number of amides is 2. The number of carbonyl (C=O) groups excluding carboxylic acids is 1. The molecule has 6 nitrogen and oxygen atoms in total. The molecule has 2 N–H and O–H groups in total. The Labute approximate surface area is 142 Å². The van der Waals surface area contributed by atoms with Crippen LogP contribution in [0.25, 0.3) is 0 Å². The smallest absolute Gasteiger partial charge is 0.315 e. The number of urea groups is 1. The third-order valence-electron chi connectivity index (χ3n) is 3.50. The van der Waals surface area contributed by atoms with Gasteiger partial charge in [0.25, 0.3) is 0 Å². The van der Waals surface area contributed by atoms with Gasteiger partial charge in [0.05, 0.1) is 19.8 Å². The fourth-order valence-electron chi connectivity index (χ4n) is 2.20. The minimum Gasteiger partial charge on any atom is -0.494 e.